The predicted molar refractivity (Wildman–Crippen MR) is 78.3 cm³/mol. The topological polar surface area (TPSA) is 101 Å². The normalized spacial score (nSPS) is 20.3. The summed E-state index contributed by atoms with van der Waals surface area (Å²) in [6, 6.07) is 3.45. The average molecular weight is 326 g/mol. The quantitative estimate of drug-likeness (QED) is 0.868. The maximum Gasteiger partial charge on any atom is 0.241 e. The lowest BCUT2D eigenvalue weighted by Gasteiger charge is -2.31. The standard InChI is InChI=1S/C13H18N4O4S/c1-22(18,19)16-10-4-2-6-17(8-10)9-12-14-13(15-21-12)11-5-3-7-20-11/h3,5,7,10,16H,2,4,6,8-9H2,1H3/t10-/m1/s1. The second-order valence-corrected chi connectivity index (χ2v) is 7.23. The largest absolute Gasteiger partial charge is 0.461 e. The van der Waals surface area contributed by atoms with Crippen molar-refractivity contribution in [3.8, 4) is 11.6 Å². The third kappa shape index (κ3) is 3.93. The molecule has 0 bridgehead atoms. The summed E-state index contributed by atoms with van der Waals surface area (Å²) in [6.07, 6.45) is 4.49. The van der Waals surface area contributed by atoms with E-state index in [0.29, 0.717) is 30.6 Å². The van der Waals surface area contributed by atoms with Gasteiger partial charge in [-0.3, -0.25) is 4.90 Å². The van der Waals surface area contributed by atoms with Crippen LogP contribution < -0.4 is 4.72 Å². The van der Waals surface area contributed by atoms with Crippen molar-refractivity contribution in [2.24, 2.45) is 0 Å². The smallest absolute Gasteiger partial charge is 0.241 e. The molecule has 0 unspecified atom stereocenters. The molecule has 2 aromatic heterocycles. The van der Waals surface area contributed by atoms with Gasteiger partial charge in [-0.2, -0.15) is 4.98 Å². The SMILES string of the molecule is CS(=O)(=O)N[C@@H]1CCCN(Cc2nc(-c3ccco3)no2)C1. The molecule has 1 saturated heterocycles. The fraction of sp³-hybridized carbons (Fsp3) is 0.538. The van der Waals surface area contributed by atoms with Crippen molar-refractivity contribution >= 4 is 10.0 Å². The number of likely N-dealkylation sites (tertiary alicyclic amines) is 1. The van der Waals surface area contributed by atoms with E-state index in [2.05, 4.69) is 19.8 Å². The summed E-state index contributed by atoms with van der Waals surface area (Å²) in [4.78, 5) is 6.40. The minimum atomic E-state index is -3.19. The summed E-state index contributed by atoms with van der Waals surface area (Å²) in [7, 11) is -3.19. The zero-order valence-electron chi connectivity index (χ0n) is 12.2. The Hall–Kier alpha value is -1.71. The van der Waals surface area contributed by atoms with Gasteiger partial charge in [-0.1, -0.05) is 5.16 Å². The van der Waals surface area contributed by atoms with E-state index in [-0.39, 0.29) is 6.04 Å². The van der Waals surface area contributed by atoms with Crippen molar-refractivity contribution in [2.45, 2.75) is 25.4 Å². The number of nitrogens with zero attached hydrogens (tertiary/aromatic N) is 3. The Balaban J connectivity index is 1.61. The Bertz CT molecular complexity index is 710. The van der Waals surface area contributed by atoms with Crippen LogP contribution in [0.25, 0.3) is 11.6 Å². The number of aromatic nitrogens is 2. The highest BCUT2D eigenvalue weighted by molar-refractivity contribution is 7.88. The Morgan fingerprint density at radius 3 is 3.09 bits per heavy atom. The molecule has 9 heteroatoms. The van der Waals surface area contributed by atoms with Crippen molar-refractivity contribution in [1.82, 2.24) is 19.8 Å². The van der Waals surface area contributed by atoms with Crippen LogP contribution in [0.2, 0.25) is 0 Å². The zero-order valence-corrected chi connectivity index (χ0v) is 13.0. The molecule has 0 saturated carbocycles. The summed E-state index contributed by atoms with van der Waals surface area (Å²) >= 11 is 0. The number of hydrogen-bond donors (Lipinski definition) is 1. The molecule has 0 aromatic carbocycles. The van der Waals surface area contributed by atoms with E-state index >= 15 is 0 Å². The summed E-state index contributed by atoms with van der Waals surface area (Å²) < 4.78 is 35.7. The summed E-state index contributed by atoms with van der Waals surface area (Å²) in [6.45, 7) is 2.00. The van der Waals surface area contributed by atoms with Gasteiger partial charge in [0, 0.05) is 12.6 Å². The van der Waals surface area contributed by atoms with E-state index in [9.17, 15) is 8.42 Å². The van der Waals surface area contributed by atoms with Gasteiger partial charge in [0.25, 0.3) is 0 Å². The second kappa shape index (κ2) is 6.19. The van der Waals surface area contributed by atoms with Crippen LogP contribution in [0.15, 0.2) is 27.3 Å². The van der Waals surface area contributed by atoms with E-state index in [1.54, 1.807) is 18.4 Å². The second-order valence-electron chi connectivity index (χ2n) is 5.45. The Morgan fingerprint density at radius 2 is 2.36 bits per heavy atom. The van der Waals surface area contributed by atoms with Crippen molar-refractivity contribution in [3.63, 3.8) is 0 Å². The van der Waals surface area contributed by atoms with Crippen LogP contribution in [0.5, 0.6) is 0 Å². The number of sulfonamides is 1. The number of rotatable bonds is 5. The third-order valence-corrected chi connectivity index (χ3v) is 4.22. The Morgan fingerprint density at radius 1 is 1.50 bits per heavy atom. The Labute approximate surface area is 128 Å². The van der Waals surface area contributed by atoms with Crippen molar-refractivity contribution in [2.75, 3.05) is 19.3 Å². The minimum Gasteiger partial charge on any atom is -0.461 e. The first kappa shape index (κ1) is 15.2. The van der Waals surface area contributed by atoms with Gasteiger partial charge in [-0.15, -0.1) is 0 Å². The first-order valence-electron chi connectivity index (χ1n) is 7.06. The molecule has 3 rings (SSSR count). The number of piperidine rings is 1. The highest BCUT2D eigenvalue weighted by atomic mass is 32.2. The van der Waals surface area contributed by atoms with Gasteiger partial charge >= 0.3 is 0 Å². The van der Waals surface area contributed by atoms with E-state index in [4.69, 9.17) is 8.94 Å². The monoisotopic (exact) mass is 326 g/mol. The summed E-state index contributed by atoms with van der Waals surface area (Å²) in [5, 5.41) is 3.88. The number of furan rings is 1. The van der Waals surface area contributed by atoms with E-state index in [0.717, 1.165) is 19.4 Å². The lowest BCUT2D eigenvalue weighted by atomic mass is 10.1. The van der Waals surface area contributed by atoms with E-state index < -0.39 is 10.0 Å². The van der Waals surface area contributed by atoms with Crippen molar-refractivity contribution in [3.05, 3.63) is 24.3 Å². The lowest BCUT2D eigenvalue weighted by Crippen LogP contribution is -2.47. The molecule has 0 aliphatic carbocycles. The van der Waals surface area contributed by atoms with Crippen LogP contribution in [-0.2, 0) is 16.6 Å². The summed E-state index contributed by atoms with van der Waals surface area (Å²) in [5.41, 5.74) is 0. The molecule has 22 heavy (non-hydrogen) atoms. The molecule has 1 fully saturated rings. The molecule has 1 N–H and O–H groups in total. The van der Waals surface area contributed by atoms with Gasteiger partial charge in [0.2, 0.25) is 21.7 Å². The molecule has 1 atom stereocenters. The highest BCUT2D eigenvalue weighted by Gasteiger charge is 2.24. The van der Waals surface area contributed by atoms with Crippen molar-refractivity contribution in [1.29, 1.82) is 0 Å². The Kier molecular flexibility index (Phi) is 4.27. The maximum absolute atomic E-state index is 11.3. The molecule has 0 spiro atoms. The van der Waals surface area contributed by atoms with Gasteiger partial charge < -0.3 is 8.94 Å². The van der Waals surface area contributed by atoms with Crippen LogP contribution in [0.4, 0.5) is 0 Å². The van der Waals surface area contributed by atoms with Crippen LogP contribution in [0.1, 0.15) is 18.7 Å². The van der Waals surface area contributed by atoms with Crippen LogP contribution >= 0.6 is 0 Å². The number of hydrogen-bond acceptors (Lipinski definition) is 7. The van der Waals surface area contributed by atoms with Gasteiger partial charge in [-0.05, 0) is 31.5 Å². The maximum atomic E-state index is 11.3. The first-order chi connectivity index (χ1) is 10.5. The molecule has 1 aliphatic heterocycles. The molecule has 2 aromatic rings. The van der Waals surface area contributed by atoms with Gasteiger partial charge in [0.15, 0.2) is 5.76 Å². The fourth-order valence-electron chi connectivity index (χ4n) is 2.61. The highest BCUT2D eigenvalue weighted by Crippen LogP contribution is 2.18. The molecular formula is C13H18N4O4S. The number of nitrogens with one attached hydrogen (secondary N) is 1. The molecule has 8 nitrogen and oxygen atoms in total. The fourth-order valence-corrected chi connectivity index (χ4v) is 3.41. The first-order valence-corrected chi connectivity index (χ1v) is 8.95. The zero-order chi connectivity index (χ0) is 15.6. The molecule has 120 valence electrons. The van der Waals surface area contributed by atoms with Crippen LogP contribution in [0, 0.1) is 0 Å². The van der Waals surface area contributed by atoms with Crippen LogP contribution in [-0.4, -0.2) is 48.8 Å². The third-order valence-electron chi connectivity index (χ3n) is 3.45. The summed E-state index contributed by atoms with van der Waals surface area (Å²) in [5.74, 6) is 1.47. The van der Waals surface area contributed by atoms with Gasteiger partial charge in [-0.25, -0.2) is 13.1 Å². The molecule has 0 radical (unpaired) electrons. The molecule has 3 heterocycles. The van der Waals surface area contributed by atoms with Gasteiger partial charge in [0.05, 0.1) is 19.1 Å². The predicted octanol–water partition coefficient (Wildman–Crippen LogP) is 0.843. The molecule has 0 amide bonds. The average Bonchev–Trinajstić information content (AvgIpc) is 3.07. The molecular weight excluding hydrogens is 308 g/mol. The van der Waals surface area contributed by atoms with Gasteiger partial charge in [0.1, 0.15) is 0 Å². The lowest BCUT2D eigenvalue weighted by molar-refractivity contribution is 0.173. The van der Waals surface area contributed by atoms with Crippen LogP contribution in [0.3, 0.4) is 0 Å². The minimum absolute atomic E-state index is 0.0729. The van der Waals surface area contributed by atoms with E-state index in [1.165, 1.54) is 6.26 Å². The van der Waals surface area contributed by atoms with Crippen molar-refractivity contribution < 1.29 is 17.4 Å². The molecule has 1 aliphatic rings. The van der Waals surface area contributed by atoms with E-state index in [1.807, 2.05) is 0 Å².